The van der Waals surface area contributed by atoms with E-state index in [1.54, 1.807) is 0 Å². The van der Waals surface area contributed by atoms with Crippen LogP contribution in [0.15, 0.2) is 30.3 Å². The highest BCUT2D eigenvalue weighted by Gasteiger charge is 2.55. The minimum absolute atomic E-state index is 0.114. The zero-order valence-corrected chi connectivity index (χ0v) is 7.27. The van der Waals surface area contributed by atoms with Gasteiger partial charge in [-0.2, -0.15) is 5.26 Å². The average molecular weight is 173 g/mol. The summed E-state index contributed by atoms with van der Waals surface area (Å²) in [5, 5.41) is 18.0. The van der Waals surface area contributed by atoms with Gasteiger partial charge < -0.3 is 5.11 Å². The third-order valence-electron chi connectivity index (χ3n) is 2.81. The number of hydrogen-bond acceptors (Lipinski definition) is 2. The van der Waals surface area contributed by atoms with Gasteiger partial charge in [0, 0.05) is 12.5 Å². The first-order valence-electron chi connectivity index (χ1n) is 4.41. The Morgan fingerprint density at radius 1 is 1.46 bits per heavy atom. The van der Waals surface area contributed by atoms with Gasteiger partial charge in [0.15, 0.2) is 0 Å². The van der Waals surface area contributed by atoms with Crippen molar-refractivity contribution in [3.63, 3.8) is 0 Å². The van der Waals surface area contributed by atoms with Crippen molar-refractivity contribution >= 4 is 0 Å². The van der Waals surface area contributed by atoms with Crippen LogP contribution in [-0.2, 0) is 5.41 Å². The number of benzene rings is 1. The molecule has 0 bridgehead atoms. The van der Waals surface area contributed by atoms with E-state index in [9.17, 15) is 0 Å². The van der Waals surface area contributed by atoms with Crippen LogP contribution in [0.25, 0.3) is 0 Å². The minimum atomic E-state index is -0.393. The molecule has 0 radical (unpaired) electrons. The second kappa shape index (κ2) is 2.86. The molecule has 2 heteroatoms. The number of aliphatic hydroxyl groups is 1. The van der Waals surface area contributed by atoms with E-state index in [1.165, 1.54) is 0 Å². The van der Waals surface area contributed by atoms with Crippen LogP contribution in [0.1, 0.15) is 12.0 Å². The van der Waals surface area contributed by atoms with Crippen molar-refractivity contribution in [3.05, 3.63) is 35.9 Å². The van der Waals surface area contributed by atoms with Gasteiger partial charge in [0.2, 0.25) is 0 Å². The summed E-state index contributed by atoms with van der Waals surface area (Å²) in [4.78, 5) is 0. The summed E-state index contributed by atoms with van der Waals surface area (Å²) in [6.45, 7) is 0.114. The number of nitriles is 1. The molecule has 1 fully saturated rings. The fourth-order valence-electron chi connectivity index (χ4n) is 1.84. The zero-order valence-electron chi connectivity index (χ0n) is 7.27. The van der Waals surface area contributed by atoms with Crippen LogP contribution in [0.5, 0.6) is 0 Å². The number of hydrogen-bond donors (Lipinski definition) is 1. The first kappa shape index (κ1) is 8.28. The molecule has 1 aromatic rings. The lowest BCUT2D eigenvalue weighted by molar-refractivity contribution is 0.269. The molecule has 2 atom stereocenters. The van der Waals surface area contributed by atoms with Crippen LogP contribution in [0.3, 0.4) is 0 Å². The van der Waals surface area contributed by atoms with Crippen LogP contribution < -0.4 is 0 Å². The van der Waals surface area contributed by atoms with Crippen LogP contribution in [0.4, 0.5) is 0 Å². The van der Waals surface area contributed by atoms with Gasteiger partial charge in [-0.1, -0.05) is 30.3 Å². The molecule has 2 rings (SSSR count). The van der Waals surface area contributed by atoms with Gasteiger partial charge in [0.25, 0.3) is 0 Å². The summed E-state index contributed by atoms with van der Waals surface area (Å²) in [6, 6.07) is 12.0. The van der Waals surface area contributed by atoms with E-state index in [1.807, 2.05) is 30.3 Å². The molecule has 1 aliphatic carbocycles. The highest BCUT2D eigenvalue weighted by Crippen LogP contribution is 2.53. The summed E-state index contributed by atoms with van der Waals surface area (Å²) in [5.74, 6) is 0.139. The van der Waals surface area contributed by atoms with Crippen molar-refractivity contribution < 1.29 is 5.11 Å². The van der Waals surface area contributed by atoms with Gasteiger partial charge in [-0.15, -0.1) is 0 Å². The molecule has 0 aliphatic heterocycles. The smallest absolute Gasteiger partial charge is 0.0877 e. The average Bonchev–Trinajstić information content (AvgIpc) is 2.94. The van der Waals surface area contributed by atoms with Gasteiger partial charge in [-0.25, -0.2) is 0 Å². The van der Waals surface area contributed by atoms with E-state index in [2.05, 4.69) is 6.07 Å². The summed E-state index contributed by atoms with van der Waals surface area (Å²) < 4.78 is 0. The first-order valence-corrected chi connectivity index (χ1v) is 4.41. The van der Waals surface area contributed by atoms with Gasteiger partial charge >= 0.3 is 0 Å². The molecule has 0 saturated heterocycles. The van der Waals surface area contributed by atoms with Crippen LogP contribution in [0.2, 0.25) is 0 Å². The van der Waals surface area contributed by atoms with E-state index in [-0.39, 0.29) is 12.5 Å². The second-order valence-electron chi connectivity index (χ2n) is 3.53. The molecule has 1 saturated carbocycles. The normalized spacial score (nSPS) is 30.9. The van der Waals surface area contributed by atoms with Crippen LogP contribution >= 0.6 is 0 Å². The van der Waals surface area contributed by atoms with Crippen molar-refractivity contribution in [1.82, 2.24) is 0 Å². The summed E-state index contributed by atoms with van der Waals surface area (Å²) >= 11 is 0. The summed E-state index contributed by atoms with van der Waals surface area (Å²) in [5.41, 5.74) is 0.646. The quantitative estimate of drug-likeness (QED) is 0.735. The van der Waals surface area contributed by atoms with Gasteiger partial charge in [0.05, 0.1) is 11.5 Å². The van der Waals surface area contributed by atoms with Crippen LogP contribution in [0, 0.1) is 17.2 Å². The highest BCUT2D eigenvalue weighted by molar-refractivity contribution is 5.41. The molecule has 0 unspecified atom stereocenters. The SMILES string of the molecule is N#C[C@@]1(c2ccccc2)C[C@@H]1CO. The maximum absolute atomic E-state index is 9.05. The maximum Gasteiger partial charge on any atom is 0.0877 e. The monoisotopic (exact) mass is 173 g/mol. The standard InChI is InChI=1S/C11H11NO/c12-8-11(6-10(11)7-13)9-4-2-1-3-5-9/h1-5,10,13H,6-7H2/t10-,11-/m1/s1. The molecule has 13 heavy (non-hydrogen) atoms. The van der Waals surface area contributed by atoms with E-state index < -0.39 is 5.41 Å². The van der Waals surface area contributed by atoms with Crippen LogP contribution in [-0.4, -0.2) is 11.7 Å². The molecule has 66 valence electrons. The van der Waals surface area contributed by atoms with Gasteiger partial charge in [-0.3, -0.25) is 0 Å². The lowest BCUT2D eigenvalue weighted by atomic mass is 9.95. The molecular formula is C11H11NO. The molecule has 1 aromatic carbocycles. The summed E-state index contributed by atoms with van der Waals surface area (Å²) in [6.07, 6.45) is 0.796. The Morgan fingerprint density at radius 2 is 2.15 bits per heavy atom. The van der Waals surface area contributed by atoms with Crippen molar-refractivity contribution in [3.8, 4) is 6.07 Å². The molecule has 0 aromatic heterocycles. The number of nitrogens with zero attached hydrogens (tertiary/aromatic N) is 1. The third-order valence-corrected chi connectivity index (χ3v) is 2.81. The highest BCUT2D eigenvalue weighted by atomic mass is 16.3. The van der Waals surface area contributed by atoms with E-state index in [4.69, 9.17) is 10.4 Å². The first-order chi connectivity index (χ1) is 6.33. The Labute approximate surface area is 77.4 Å². The predicted molar refractivity (Wildman–Crippen MR) is 48.9 cm³/mol. The molecule has 1 aliphatic rings. The topological polar surface area (TPSA) is 44.0 Å². The van der Waals surface area contributed by atoms with E-state index in [0.29, 0.717) is 0 Å². The molecule has 0 heterocycles. The minimum Gasteiger partial charge on any atom is -0.396 e. The fourth-order valence-corrected chi connectivity index (χ4v) is 1.84. The molecule has 0 spiro atoms. The zero-order chi connectivity index (χ0) is 9.31. The Morgan fingerprint density at radius 3 is 2.62 bits per heavy atom. The van der Waals surface area contributed by atoms with E-state index in [0.717, 1.165) is 12.0 Å². The largest absolute Gasteiger partial charge is 0.396 e. The predicted octanol–water partition coefficient (Wildman–Crippen LogP) is 1.46. The van der Waals surface area contributed by atoms with Crippen molar-refractivity contribution in [2.45, 2.75) is 11.8 Å². The second-order valence-corrected chi connectivity index (χ2v) is 3.53. The molecule has 1 N–H and O–H groups in total. The Kier molecular flexibility index (Phi) is 1.82. The lowest BCUT2D eigenvalue weighted by Gasteiger charge is -2.06. The number of aliphatic hydroxyl groups excluding tert-OH is 1. The van der Waals surface area contributed by atoms with Crippen molar-refractivity contribution in [2.24, 2.45) is 5.92 Å². The summed E-state index contributed by atoms with van der Waals surface area (Å²) in [7, 11) is 0. The molecule has 0 amide bonds. The lowest BCUT2D eigenvalue weighted by Crippen LogP contribution is -2.08. The number of rotatable bonds is 2. The van der Waals surface area contributed by atoms with Crippen molar-refractivity contribution in [2.75, 3.05) is 6.61 Å². The van der Waals surface area contributed by atoms with Gasteiger partial charge in [-0.05, 0) is 12.0 Å². The Bertz CT molecular complexity index is 341. The molecule has 2 nitrogen and oxygen atoms in total. The fraction of sp³-hybridized carbons (Fsp3) is 0.364. The Hall–Kier alpha value is -1.33. The Balaban J connectivity index is 2.32. The maximum atomic E-state index is 9.05. The third kappa shape index (κ3) is 1.13. The van der Waals surface area contributed by atoms with Crippen molar-refractivity contribution in [1.29, 1.82) is 5.26 Å². The molecular weight excluding hydrogens is 162 g/mol. The van der Waals surface area contributed by atoms with E-state index >= 15 is 0 Å². The van der Waals surface area contributed by atoms with Gasteiger partial charge in [0.1, 0.15) is 0 Å².